The fourth-order valence-corrected chi connectivity index (χ4v) is 5.81. The Morgan fingerprint density at radius 1 is 0.872 bits per heavy atom. The maximum atomic E-state index is 13.5. The quantitative estimate of drug-likeness (QED) is 0.183. The number of benzene rings is 4. The van der Waals surface area contributed by atoms with Crippen LogP contribution in [0.2, 0.25) is 5.02 Å². The average molecular weight is 574 g/mol. The fraction of sp³-hybridized carbons (Fsp3) is 0.0333. The predicted molar refractivity (Wildman–Crippen MR) is 157 cm³/mol. The van der Waals surface area contributed by atoms with Gasteiger partial charge in [0.05, 0.1) is 5.69 Å². The SMILES string of the molecule is O=C(Nc1cccc(SC(C(=O)Nc2nc(-c3ccccc3Cl)cs2)c2ccccc2)c1)c1ccc(F)cc1. The van der Waals surface area contributed by atoms with Crippen LogP contribution >= 0.6 is 34.7 Å². The van der Waals surface area contributed by atoms with Crippen LogP contribution in [0.15, 0.2) is 113 Å². The molecular weight excluding hydrogens is 553 g/mol. The van der Waals surface area contributed by atoms with Crippen LogP contribution in [0.5, 0.6) is 0 Å². The molecule has 5 nitrogen and oxygen atoms in total. The van der Waals surface area contributed by atoms with Gasteiger partial charge in [0.2, 0.25) is 5.91 Å². The highest BCUT2D eigenvalue weighted by Gasteiger charge is 2.23. The number of hydrogen-bond donors (Lipinski definition) is 2. The first kappa shape index (κ1) is 26.6. The monoisotopic (exact) mass is 573 g/mol. The van der Waals surface area contributed by atoms with Crippen molar-refractivity contribution in [2.24, 2.45) is 0 Å². The van der Waals surface area contributed by atoms with Crippen LogP contribution < -0.4 is 10.6 Å². The van der Waals surface area contributed by atoms with Gasteiger partial charge in [0.1, 0.15) is 11.1 Å². The summed E-state index contributed by atoms with van der Waals surface area (Å²) in [6.07, 6.45) is 0. The molecule has 5 rings (SSSR count). The van der Waals surface area contributed by atoms with E-state index < -0.39 is 11.1 Å². The van der Waals surface area contributed by atoms with Gasteiger partial charge in [-0.05, 0) is 54.1 Å². The number of carbonyl (C=O) groups is 2. The molecule has 0 saturated carbocycles. The van der Waals surface area contributed by atoms with Gasteiger partial charge in [-0.15, -0.1) is 23.1 Å². The van der Waals surface area contributed by atoms with Crippen molar-refractivity contribution in [3.63, 3.8) is 0 Å². The van der Waals surface area contributed by atoms with Gasteiger partial charge < -0.3 is 10.6 Å². The summed E-state index contributed by atoms with van der Waals surface area (Å²) in [6.45, 7) is 0. The van der Waals surface area contributed by atoms with Crippen molar-refractivity contribution in [3.8, 4) is 11.3 Å². The Bertz CT molecular complexity index is 1610. The summed E-state index contributed by atoms with van der Waals surface area (Å²) in [5.74, 6) is -0.993. The molecule has 9 heteroatoms. The van der Waals surface area contributed by atoms with Crippen LogP contribution in [0.4, 0.5) is 15.2 Å². The zero-order chi connectivity index (χ0) is 27.2. The Balaban J connectivity index is 1.34. The second-order valence-electron chi connectivity index (χ2n) is 8.40. The minimum Gasteiger partial charge on any atom is -0.322 e. The van der Waals surface area contributed by atoms with Crippen molar-refractivity contribution < 1.29 is 14.0 Å². The lowest BCUT2D eigenvalue weighted by atomic mass is 10.1. The molecule has 1 unspecified atom stereocenters. The summed E-state index contributed by atoms with van der Waals surface area (Å²) >= 11 is 9.00. The third kappa shape index (κ3) is 6.72. The van der Waals surface area contributed by atoms with E-state index in [0.29, 0.717) is 27.1 Å². The molecule has 0 aliphatic carbocycles. The van der Waals surface area contributed by atoms with Crippen LogP contribution in [0.1, 0.15) is 21.2 Å². The van der Waals surface area contributed by atoms with E-state index in [9.17, 15) is 14.0 Å². The number of aromatic nitrogens is 1. The highest BCUT2D eigenvalue weighted by molar-refractivity contribution is 8.00. The molecule has 1 heterocycles. The van der Waals surface area contributed by atoms with Crippen LogP contribution in [-0.2, 0) is 4.79 Å². The molecule has 1 aromatic heterocycles. The summed E-state index contributed by atoms with van der Waals surface area (Å²) in [7, 11) is 0. The molecular formula is C30H21ClFN3O2S2. The van der Waals surface area contributed by atoms with E-state index in [1.165, 1.54) is 47.4 Å². The summed E-state index contributed by atoms with van der Waals surface area (Å²) in [5, 5.41) is 8.11. The van der Waals surface area contributed by atoms with Crippen LogP contribution in [-0.4, -0.2) is 16.8 Å². The molecule has 0 fully saturated rings. The second kappa shape index (κ2) is 12.3. The second-order valence-corrected chi connectivity index (χ2v) is 10.8. The normalized spacial score (nSPS) is 11.5. The Hall–Kier alpha value is -3.98. The standard InChI is InChI=1S/C30H21ClFN3O2S2/c31-25-12-5-4-11-24(25)26-18-38-30(34-26)35-29(37)27(19-7-2-1-3-8-19)39-23-10-6-9-22(17-23)33-28(36)20-13-15-21(32)16-14-20/h1-18,27H,(H,33,36)(H,34,35,37). The minimum atomic E-state index is -0.582. The molecule has 0 aliphatic rings. The van der Waals surface area contributed by atoms with E-state index in [1.807, 2.05) is 60.0 Å². The van der Waals surface area contributed by atoms with E-state index in [-0.39, 0.29) is 11.8 Å². The number of hydrogen-bond acceptors (Lipinski definition) is 5. The van der Waals surface area contributed by atoms with Gasteiger partial charge >= 0.3 is 0 Å². The number of rotatable bonds is 8. The zero-order valence-corrected chi connectivity index (χ0v) is 22.7. The molecule has 0 spiro atoms. The van der Waals surface area contributed by atoms with E-state index >= 15 is 0 Å². The molecule has 194 valence electrons. The van der Waals surface area contributed by atoms with Gasteiger partial charge in [0.15, 0.2) is 5.13 Å². The Labute approximate surface area is 238 Å². The maximum Gasteiger partial charge on any atom is 0.255 e. The number of nitrogens with zero attached hydrogens (tertiary/aromatic N) is 1. The van der Waals surface area contributed by atoms with Gasteiger partial charge in [0.25, 0.3) is 5.91 Å². The van der Waals surface area contributed by atoms with E-state index in [1.54, 1.807) is 24.3 Å². The molecule has 0 bridgehead atoms. The van der Waals surface area contributed by atoms with E-state index in [0.717, 1.165) is 16.0 Å². The molecule has 39 heavy (non-hydrogen) atoms. The van der Waals surface area contributed by atoms with Crippen LogP contribution in [0, 0.1) is 5.82 Å². The maximum absolute atomic E-state index is 13.5. The van der Waals surface area contributed by atoms with Gasteiger partial charge in [-0.1, -0.05) is 66.2 Å². The summed E-state index contributed by atoms with van der Waals surface area (Å²) in [4.78, 5) is 31.5. The average Bonchev–Trinajstić information content (AvgIpc) is 3.41. The summed E-state index contributed by atoms with van der Waals surface area (Å²) in [6, 6.07) is 29.4. The molecule has 0 saturated heterocycles. The predicted octanol–water partition coefficient (Wildman–Crippen LogP) is 8.33. The number of halogens is 2. The summed E-state index contributed by atoms with van der Waals surface area (Å²) < 4.78 is 13.2. The van der Waals surface area contributed by atoms with Crippen molar-refractivity contribution in [1.82, 2.24) is 4.98 Å². The van der Waals surface area contributed by atoms with Gasteiger partial charge in [-0.3, -0.25) is 9.59 Å². The number of thiazole rings is 1. The third-order valence-electron chi connectivity index (χ3n) is 5.68. The van der Waals surface area contributed by atoms with Crippen LogP contribution in [0.25, 0.3) is 11.3 Å². The smallest absolute Gasteiger partial charge is 0.255 e. The van der Waals surface area contributed by atoms with Crippen molar-refractivity contribution >= 4 is 57.3 Å². The van der Waals surface area contributed by atoms with Gasteiger partial charge in [0, 0.05) is 32.1 Å². The number of carbonyl (C=O) groups excluding carboxylic acids is 2. The summed E-state index contributed by atoms with van der Waals surface area (Å²) in [5.41, 5.74) is 3.21. The van der Waals surface area contributed by atoms with Crippen molar-refractivity contribution in [1.29, 1.82) is 0 Å². The minimum absolute atomic E-state index is 0.230. The van der Waals surface area contributed by atoms with Crippen molar-refractivity contribution in [3.05, 3.63) is 130 Å². The Kier molecular flexibility index (Phi) is 8.36. The van der Waals surface area contributed by atoms with E-state index in [4.69, 9.17) is 11.6 Å². The fourth-order valence-electron chi connectivity index (χ4n) is 3.78. The first-order chi connectivity index (χ1) is 19.0. The lowest BCUT2D eigenvalue weighted by Gasteiger charge is -2.17. The largest absolute Gasteiger partial charge is 0.322 e. The topological polar surface area (TPSA) is 71.1 Å². The molecule has 0 radical (unpaired) electrons. The Morgan fingerprint density at radius 2 is 1.62 bits per heavy atom. The molecule has 2 N–H and O–H groups in total. The molecule has 5 aromatic rings. The zero-order valence-electron chi connectivity index (χ0n) is 20.3. The van der Waals surface area contributed by atoms with E-state index in [2.05, 4.69) is 15.6 Å². The highest BCUT2D eigenvalue weighted by atomic mass is 35.5. The number of nitrogens with one attached hydrogen (secondary N) is 2. The lowest BCUT2D eigenvalue weighted by molar-refractivity contribution is -0.115. The van der Waals surface area contributed by atoms with Crippen molar-refractivity contribution in [2.45, 2.75) is 10.1 Å². The number of thioether (sulfide) groups is 1. The molecule has 0 aliphatic heterocycles. The number of anilines is 2. The highest BCUT2D eigenvalue weighted by Crippen LogP contribution is 2.38. The van der Waals surface area contributed by atoms with Gasteiger partial charge in [-0.2, -0.15) is 0 Å². The molecule has 4 aromatic carbocycles. The lowest BCUT2D eigenvalue weighted by Crippen LogP contribution is -2.19. The molecule has 1 atom stereocenters. The Morgan fingerprint density at radius 3 is 2.38 bits per heavy atom. The van der Waals surface area contributed by atoms with Gasteiger partial charge in [-0.25, -0.2) is 9.37 Å². The third-order valence-corrected chi connectivity index (χ3v) is 8.01. The first-order valence-corrected chi connectivity index (χ1v) is 14.0. The molecule has 2 amide bonds. The van der Waals surface area contributed by atoms with Crippen molar-refractivity contribution in [2.75, 3.05) is 10.6 Å². The van der Waals surface area contributed by atoms with Crippen LogP contribution in [0.3, 0.4) is 0 Å². The number of amides is 2. The first-order valence-electron chi connectivity index (χ1n) is 11.9.